The van der Waals surface area contributed by atoms with Gasteiger partial charge in [0.25, 0.3) is 5.56 Å². The normalized spacial score (nSPS) is 10.7. The number of hydrogen-bond acceptors (Lipinski definition) is 5. The lowest BCUT2D eigenvalue weighted by Crippen LogP contribution is -2.21. The maximum Gasteiger partial charge on any atom is 0.266 e. The number of hydrogen-bond donors (Lipinski definition) is 1. The quantitative estimate of drug-likeness (QED) is 0.429. The Morgan fingerprint density at radius 2 is 1.86 bits per heavy atom. The molecule has 0 fully saturated rings. The fourth-order valence-electron chi connectivity index (χ4n) is 2.85. The fourth-order valence-corrected chi connectivity index (χ4v) is 3.80. The zero-order chi connectivity index (χ0) is 19.5. The molecule has 6 nitrogen and oxygen atoms in total. The molecule has 0 radical (unpaired) electrons. The molecule has 7 heteroatoms. The van der Waals surface area contributed by atoms with Gasteiger partial charge in [-0.15, -0.1) is 0 Å². The third kappa shape index (κ3) is 3.46. The number of para-hydroxylation sites is 1. The van der Waals surface area contributed by atoms with Crippen LogP contribution in [0.4, 0.5) is 0 Å². The van der Waals surface area contributed by atoms with Crippen LogP contribution in [-0.2, 0) is 5.75 Å². The van der Waals surface area contributed by atoms with Gasteiger partial charge in [-0.25, -0.2) is 4.98 Å². The lowest BCUT2D eigenvalue weighted by atomic mass is 10.2. The monoisotopic (exact) mass is 386 g/mol. The van der Waals surface area contributed by atoms with E-state index in [4.69, 9.17) is 5.26 Å². The highest BCUT2D eigenvalue weighted by Crippen LogP contribution is 2.24. The molecule has 0 spiro atoms. The van der Waals surface area contributed by atoms with Gasteiger partial charge in [0.1, 0.15) is 0 Å². The number of aromatic nitrogens is 3. The van der Waals surface area contributed by atoms with Gasteiger partial charge < -0.3 is 4.98 Å². The zero-order valence-electron chi connectivity index (χ0n) is 14.6. The summed E-state index contributed by atoms with van der Waals surface area (Å²) in [5.74, 6) is 0.491. The second-order valence-electron chi connectivity index (χ2n) is 6.06. The minimum absolute atomic E-state index is 0.172. The summed E-state index contributed by atoms with van der Waals surface area (Å²) in [4.78, 5) is 31.9. The maximum atomic E-state index is 13.2. The van der Waals surface area contributed by atoms with Crippen molar-refractivity contribution >= 4 is 22.7 Å². The van der Waals surface area contributed by atoms with Crippen molar-refractivity contribution in [3.8, 4) is 11.8 Å². The molecule has 136 valence electrons. The molecule has 0 unspecified atom stereocenters. The van der Waals surface area contributed by atoms with Crippen molar-refractivity contribution in [2.24, 2.45) is 0 Å². The summed E-state index contributed by atoms with van der Waals surface area (Å²) in [6.07, 6.45) is 1.60. The van der Waals surface area contributed by atoms with Gasteiger partial charge in [-0.05, 0) is 48.0 Å². The van der Waals surface area contributed by atoms with E-state index in [2.05, 4.69) is 16.0 Å². The van der Waals surface area contributed by atoms with E-state index in [1.54, 1.807) is 53.2 Å². The second-order valence-corrected chi connectivity index (χ2v) is 7.00. The Morgan fingerprint density at radius 3 is 2.61 bits per heavy atom. The van der Waals surface area contributed by atoms with Crippen LogP contribution in [0.1, 0.15) is 11.1 Å². The van der Waals surface area contributed by atoms with Crippen molar-refractivity contribution in [2.45, 2.75) is 10.9 Å². The lowest BCUT2D eigenvalue weighted by molar-refractivity contribution is 0.819. The molecule has 0 saturated heterocycles. The molecule has 2 aromatic heterocycles. The first-order valence-electron chi connectivity index (χ1n) is 8.48. The van der Waals surface area contributed by atoms with E-state index in [-0.39, 0.29) is 11.1 Å². The third-order valence-corrected chi connectivity index (χ3v) is 5.22. The molecule has 0 aliphatic carbocycles. The number of aromatic amines is 1. The maximum absolute atomic E-state index is 13.2. The molecule has 2 aromatic carbocycles. The van der Waals surface area contributed by atoms with Crippen LogP contribution in [0.15, 0.2) is 81.6 Å². The molecule has 2 heterocycles. The number of thioether (sulfide) groups is 1. The van der Waals surface area contributed by atoms with E-state index in [1.165, 1.54) is 17.8 Å². The highest BCUT2D eigenvalue weighted by Gasteiger charge is 2.13. The predicted molar refractivity (Wildman–Crippen MR) is 109 cm³/mol. The van der Waals surface area contributed by atoms with Crippen LogP contribution < -0.4 is 11.1 Å². The summed E-state index contributed by atoms with van der Waals surface area (Å²) in [5.41, 5.74) is 2.25. The van der Waals surface area contributed by atoms with Gasteiger partial charge in [0.05, 0.1) is 28.2 Å². The second kappa shape index (κ2) is 7.55. The Balaban J connectivity index is 1.84. The van der Waals surface area contributed by atoms with Crippen molar-refractivity contribution < 1.29 is 0 Å². The van der Waals surface area contributed by atoms with Crippen LogP contribution in [0.5, 0.6) is 0 Å². The standard InChI is InChI=1S/C21H14N4O2S/c22-12-14-5-7-16(8-6-14)25-20(27)17-3-1-2-4-18(17)24-21(25)28-13-15-9-10-23-19(26)11-15/h1-11H,13H2,(H,23,26). The third-order valence-electron chi connectivity index (χ3n) is 4.21. The summed E-state index contributed by atoms with van der Waals surface area (Å²) in [7, 11) is 0. The molecule has 4 rings (SSSR count). The van der Waals surface area contributed by atoms with Gasteiger partial charge in [0, 0.05) is 18.0 Å². The summed E-state index contributed by atoms with van der Waals surface area (Å²) in [5, 5.41) is 10.1. The lowest BCUT2D eigenvalue weighted by Gasteiger charge is -2.13. The average molecular weight is 386 g/mol. The number of H-pyrrole nitrogens is 1. The van der Waals surface area contributed by atoms with Crippen LogP contribution in [0.3, 0.4) is 0 Å². The fraction of sp³-hybridized carbons (Fsp3) is 0.0476. The topological polar surface area (TPSA) is 91.5 Å². The summed E-state index contributed by atoms with van der Waals surface area (Å²) >= 11 is 1.38. The molecule has 4 aromatic rings. The van der Waals surface area contributed by atoms with Crippen LogP contribution in [0.2, 0.25) is 0 Å². The number of nitrogens with zero attached hydrogens (tertiary/aromatic N) is 3. The Morgan fingerprint density at radius 1 is 1.07 bits per heavy atom. The minimum Gasteiger partial charge on any atom is -0.329 e. The molecule has 0 aliphatic rings. The number of benzene rings is 2. The smallest absolute Gasteiger partial charge is 0.266 e. The first-order valence-corrected chi connectivity index (χ1v) is 9.47. The molecule has 0 saturated carbocycles. The van der Waals surface area contributed by atoms with Crippen LogP contribution >= 0.6 is 11.8 Å². The van der Waals surface area contributed by atoms with Crippen LogP contribution in [0.25, 0.3) is 16.6 Å². The highest BCUT2D eigenvalue weighted by molar-refractivity contribution is 7.98. The number of pyridine rings is 1. The van der Waals surface area contributed by atoms with E-state index < -0.39 is 0 Å². The van der Waals surface area contributed by atoms with Gasteiger partial charge in [0.2, 0.25) is 5.56 Å². The van der Waals surface area contributed by atoms with Crippen molar-refractivity contribution in [1.29, 1.82) is 5.26 Å². The number of nitrogens with one attached hydrogen (secondary N) is 1. The van der Waals surface area contributed by atoms with Gasteiger partial charge in [-0.3, -0.25) is 14.2 Å². The van der Waals surface area contributed by atoms with Gasteiger partial charge in [-0.1, -0.05) is 23.9 Å². The first-order chi connectivity index (χ1) is 13.7. The minimum atomic E-state index is -0.177. The SMILES string of the molecule is N#Cc1ccc(-n2c(SCc3cc[nH]c(=O)c3)nc3ccccc3c2=O)cc1. The van der Waals surface area contributed by atoms with Crippen molar-refractivity contribution in [1.82, 2.24) is 14.5 Å². The average Bonchev–Trinajstić information content (AvgIpc) is 2.73. The molecule has 0 bridgehead atoms. The molecule has 0 atom stereocenters. The highest BCUT2D eigenvalue weighted by atomic mass is 32.2. The van der Waals surface area contributed by atoms with E-state index in [9.17, 15) is 9.59 Å². The number of nitriles is 1. The molecule has 0 aliphatic heterocycles. The van der Waals surface area contributed by atoms with Crippen molar-refractivity contribution in [3.05, 3.63) is 98.7 Å². The van der Waals surface area contributed by atoms with Crippen molar-refractivity contribution in [2.75, 3.05) is 0 Å². The number of rotatable bonds is 4. The Hall–Kier alpha value is -3.63. The largest absolute Gasteiger partial charge is 0.329 e. The van der Waals surface area contributed by atoms with Crippen LogP contribution in [0, 0.1) is 11.3 Å². The summed E-state index contributed by atoms with van der Waals surface area (Å²) < 4.78 is 1.54. The molecular formula is C21H14N4O2S. The molecule has 0 amide bonds. The van der Waals surface area contributed by atoms with Crippen molar-refractivity contribution in [3.63, 3.8) is 0 Å². The first kappa shape index (κ1) is 17.8. The van der Waals surface area contributed by atoms with E-state index >= 15 is 0 Å². The van der Waals surface area contributed by atoms with E-state index in [0.717, 1.165) is 5.56 Å². The summed E-state index contributed by atoms with van der Waals surface area (Å²) in [6.45, 7) is 0. The molecule has 1 N–H and O–H groups in total. The van der Waals surface area contributed by atoms with Gasteiger partial charge in [-0.2, -0.15) is 5.26 Å². The molecule has 28 heavy (non-hydrogen) atoms. The van der Waals surface area contributed by atoms with E-state index in [0.29, 0.717) is 33.1 Å². The molecular weight excluding hydrogens is 372 g/mol. The van der Waals surface area contributed by atoms with Crippen LogP contribution in [-0.4, -0.2) is 14.5 Å². The predicted octanol–water partition coefficient (Wildman–Crippen LogP) is 3.24. The zero-order valence-corrected chi connectivity index (χ0v) is 15.4. The summed E-state index contributed by atoms with van der Waals surface area (Å²) in [6, 6.07) is 19.4. The number of fused-ring (bicyclic) bond motifs is 1. The Kier molecular flexibility index (Phi) is 4.79. The van der Waals surface area contributed by atoms with Gasteiger partial charge in [0.15, 0.2) is 5.16 Å². The Labute approximate surface area is 164 Å². The van der Waals surface area contributed by atoms with Gasteiger partial charge >= 0.3 is 0 Å². The van der Waals surface area contributed by atoms with E-state index in [1.807, 2.05) is 12.1 Å². The Bertz CT molecular complexity index is 1320.